The largest absolute Gasteiger partial charge is 0.333 e. The number of carbonyl (C=O) groups excluding carboxylic acids is 1. The lowest BCUT2D eigenvalue weighted by molar-refractivity contribution is 0.0656. The topological polar surface area (TPSA) is 50.2 Å². The Hall–Kier alpha value is -2.92. The molecule has 138 valence electrons. The van der Waals surface area contributed by atoms with Crippen LogP contribution in [0.25, 0.3) is 11.1 Å². The molecule has 5 nitrogen and oxygen atoms in total. The fourth-order valence-corrected chi connectivity index (χ4v) is 3.48. The molecule has 1 aromatic heterocycles. The van der Waals surface area contributed by atoms with Crippen molar-refractivity contribution in [2.75, 3.05) is 19.6 Å². The number of amides is 1. The van der Waals surface area contributed by atoms with Crippen LogP contribution in [0, 0.1) is 0 Å². The van der Waals surface area contributed by atoms with Crippen molar-refractivity contribution >= 4 is 5.91 Å². The van der Waals surface area contributed by atoms with E-state index >= 15 is 0 Å². The Kier molecular flexibility index (Phi) is 5.03. The van der Waals surface area contributed by atoms with Crippen LogP contribution in [0.3, 0.4) is 0 Å². The molecule has 4 rings (SSSR count). The number of piperazine rings is 1. The number of aromatic nitrogens is 2. The van der Waals surface area contributed by atoms with Gasteiger partial charge in [-0.1, -0.05) is 42.5 Å². The van der Waals surface area contributed by atoms with Crippen molar-refractivity contribution in [3.8, 4) is 11.1 Å². The van der Waals surface area contributed by atoms with Gasteiger partial charge in [0.25, 0.3) is 5.91 Å². The smallest absolute Gasteiger partial charge is 0.254 e. The first-order valence-electron chi connectivity index (χ1n) is 9.39. The van der Waals surface area contributed by atoms with Crippen LogP contribution in [0.5, 0.6) is 0 Å². The summed E-state index contributed by atoms with van der Waals surface area (Å²) in [5, 5.41) is 7.78. The van der Waals surface area contributed by atoms with Gasteiger partial charge >= 0.3 is 0 Å². The molecule has 1 fully saturated rings. The van der Waals surface area contributed by atoms with E-state index in [1.54, 1.807) is 0 Å². The average Bonchev–Trinajstić information content (AvgIpc) is 3.17. The van der Waals surface area contributed by atoms with Crippen molar-refractivity contribution in [2.24, 2.45) is 0 Å². The maximum Gasteiger partial charge on any atom is 0.254 e. The van der Waals surface area contributed by atoms with Crippen LogP contribution in [-0.2, 0) is 6.54 Å². The van der Waals surface area contributed by atoms with Crippen molar-refractivity contribution in [1.29, 1.82) is 0 Å². The first-order valence-corrected chi connectivity index (χ1v) is 9.39. The molecule has 1 N–H and O–H groups in total. The summed E-state index contributed by atoms with van der Waals surface area (Å²) in [6, 6.07) is 18.3. The number of nitrogens with zero attached hydrogens (tertiary/aromatic N) is 3. The lowest BCUT2D eigenvalue weighted by atomic mass is 10.1. The summed E-state index contributed by atoms with van der Waals surface area (Å²) in [4.78, 5) is 14.7. The Bertz CT molecular complexity index is 902. The molecule has 1 aliphatic heterocycles. The first kappa shape index (κ1) is 17.5. The zero-order valence-corrected chi connectivity index (χ0v) is 15.5. The van der Waals surface area contributed by atoms with Gasteiger partial charge in [-0.25, -0.2) is 0 Å². The fraction of sp³-hybridized carbons (Fsp3) is 0.273. The van der Waals surface area contributed by atoms with Crippen molar-refractivity contribution < 1.29 is 4.79 Å². The predicted molar refractivity (Wildman–Crippen MR) is 107 cm³/mol. The van der Waals surface area contributed by atoms with Crippen LogP contribution in [0.1, 0.15) is 22.8 Å². The van der Waals surface area contributed by atoms with Gasteiger partial charge in [-0.15, -0.1) is 0 Å². The molecule has 3 aromatic rings. The molecule has 1 atom stereocenters. The monoisotopic (exact) mass is 360 g/mol. The standard InChI is InChI=1S/C22H24N4O/c1-17-13-23-11-12-26(17)22(27)20-9-7-19(8-10-20)21-14-24-25(16-21)15-18-5-3-2-4-6-18/h2-10,14,16-17,23H,11-13,15H2,1H3/t17-/m1/s1. The maximum atomic E-state index is 12.7. The van der Waals surface area contributed by atoms with Crippen molar-refractivity contribution in [3.05, 3.63) is 78.1 Å². The van der Waals surface area contributed by atoms with Crippen LogP contribution in [0.15, 0.2) is 67.0 Å². The summed E-state index contributed by atoms with van der Waals surface area (Å²) in [5.41, 5.74) is 4.09. The molecule has 27 heavy (non-hydrogen) atoms. The van der Waals surface area contributed by atoms with Crippen LogP contribution in [0.4, 0.5) is 0 Å². The van der Waals surface area contributed by atoms with Crippen LogP contribution in [0.2, 0.25) is 0 Å². The lowest BCUT2D eigenvalue weighted by Gasteiger charge is -2.34. The van der Waals surface area contributed by atoms with E-state index in [0.717, 1.165) is 42.9 Å². The zero-order valence-electron chi connectivity index (χ0n) is 15.5. The Morgan fingerprint density at radius 3 is 2.63 bits per heavy atom. The highest BCUT2D eigenvalue weighted by atomic mass is 16.2. The summed E-state index contributed by atoms with van der Waals surface area (Å²) in [5.74, 6) is 0.107. The number of rotatable bonds is 4. The Morgan fingerprint density at radius 1 is 1.11 bits per heavy atom. The van der Waals surface area contributed by atoms with Crippen molar-refractivity contribution in [1.82, 2.24) is 20.0 Å². The van der Waals surface area contributed by atoms with E-state index in [0.29, 0.717) is 0 Å². The van der Waals surface area contributed by atoms with Gasteiger partial charge < -0.3 is 10.2 Å². The molecule has 1 saturated heterocycles. The van der Waals surface area contributed by atoms with Crippen LogP contribution < -0.4 is 5.32 Å². The fourth-order valence-electron chi connectivity index (χ4n) is 3.48. The molecule has 0 saturated carbocycles. The molecular formula is C22H24N4O. The van der Waals surface area contributed by atoms with Gasteiger partial charge in [0.1, 0.15) is 0 Å². The third kappa shape index (κ3) is 3.93. The van der Waals surface area contributed by atoms with E-state index in [1.165, 1.54) is 5.56 Å². The van der Waals surface area contributed by atoms with Gasteiger partial charge in [0.05, 0.1) is 12.7 Å². The highest BCUT2D eigenvalue weighted by molar-refractivity contribution is 5.95. The number of benzene rings is 2. The molecule has 0 spiro atoms. The highest BCUT2D eigenvalue weighted by Crippen LogP contribution is 2.21. The van der Waals surface area contributed by atoms with Gasteiger partial charge in [-0.05, 0) is 30.2 Å². The molecule has 0 aliphatic carbocycles. The number of hydrogen-bond acceptors (Lipinski definition) is 3. The lowest BCUT2D eigenvalue weighted by Crippen LogP contribution is -2.52. The summed E-state index contributed by atoms with van der Waals surface area (Å²) >= 11 is 0. The normalized spacial score (nSPS) is 17.1. The van der Waals surface area contributed by atoms with E-state index in [2.05, 4.69) is 29.5 Å². The minimum absolute atomic E-state index is 0.107. The molecule has 0 radical (unpaired) electrons. The predicted octanol–water partition coefficient (Wildman–Crippen LogP) is 3.03. The Labute approximate surface area is 159 Å². The summed E-state index contributed by atoms with van der Waals surface area (Å²) in [6.07, 6.45) is 3.92. The average molecular weight is 360 g/mol. The Morgan fingerprint density at radius 2 is 1.89 bits per heavy atom. The molecule has 1 amide bonds. The second-order valence-electron chi connectivity index (χ2n) is 7.04. The van der Waals surface area contributed by atoms with Gasteiger partial charge in [0.15, 0.2) is 0 Å². The van der Waals surface area contributed by atoms with E-state index in [4.69, 9.17) is 0 Å². The van der Waals surface area contributed by atoms with E-state index in [9.17, 15) is 4.79 Å². The zero-order chi connectivity index (χ0) is 18.6. The highest BCUT2D eigenvalue weighted by Gasteiger charge is 2.23. The molecule has 2 aromatic carbocycles. The molecular weight excluding hydrogens is 336 g/mol. The van der Waals surface area contributed by atoms with Crippen molar-refractivity contribution in [2.45, 2.75) is 19.5 Å². The second-order valence-corrected chi connectivity index (χ2v) is 7.04. The molecule has 1 aliphatic rings. The third-order valence-electron chi connectivity index (χ3n) is 5.05. The SMILES string of the molecule is C[C@@H]1CNCCN1C(=O)c1ccc(-c2cnn(Cc3ccccc3)c2)cc1. The third-order valence-corrected chi connectivity index (χ3v) is 5.05. The molecule has 2 heterocycles. The van der Waals surface area contributed by atoms with Crippen molar-refractivity contribution in [3.63, 3.8) is 0 Å². The quantitative estimate of drug-likeness (QED) is 0.778. The number of hydrogen-bond donors (Lipinski definition) is 1. The first-order chi connectivity index (χ1) is 13.2. The van der Waals surface area contributed by atoms with Crippen LogP contribution in [-0.4, -0.2) is 46.3 Å². The minimum Gasteiger partial charge on any atom is -0.333 e. The van der Waals surface area contributed by atoms with E-state index in [1.807, 2.05) is 64.4 Å². The van der Waals surface area contributed by atoms with Crippen LogP contribution >= 0.6 is 0 Å². The molecule has 5 heteroatoms. The number of carbonyl (C=O) groups is 1. The van der Waals surface area contributed by atoms with E-state index in [-0.39, 0.29) is 11.9 Å². The van der Waals surface area contributed by atoms with Gasteiger partial charge in [0.2, 0.25) is 0 Å². The second kappa shape index (κ2) is 7.76. The minimum atomic E-state index is 0.107. The number of nitrogens with one attached hydrogen (secondary N) is 1. The molecule has 0 unspecified atom stereocenters. The van der Waals surface area contributed by atoms with E-state index < -0.39 is 0 Å². The van der Waals surface area contributed by atoms with Gasteiger partial charge in [0, 0.05) is 43.0 Å². The van der Waals surface area contributed by atoms with Gasteiger partial charge in [-0.3, -0.25) is 9.48 Å². The Balaban J connectivity index is 1.47. The molecule has 0 bridgehead atoms. The van der Waals surface area contributed by atoms with Gasteiger partial charge in [-0.2, -0.15) is 5.10 Å². The maximum absolute atomic E-state index is 12.7. The summed E-state index contributed by atoms with van der Waals surface area (Å²) in [6.45, 7) is 5.30. The summed E-state index contributed by atoms with van der Waals surface area (Å²) in [7, 11) is 0. The summed E-state index contributed by atoms with van der Waals surface area (Å²) < 4.78 is 1.94.